The highest BCUT2D eigenvalue weighted by Crippen LogP contribution is 2.23. The molecule has 4 N–H and O–H groups in total. The molecule has 5 nitrogen and oxygen atoms in total. The molecular weight excluding hydrogens is 262 g/mol. The van der Waals surface area contributed by atoms with E-state index in [0.29, 0.717) is 23.9 Å². The molecule has 0 aliphatic carbocycles. The first-order valence-corrected chi connectivity index (χ1v) is 6.41. The topological polar surface area (TPSA) is 75.9 Å². The SMILES string of the molecule is CCNc1ncnc(NCc2ccccc2Cl)c1N. The molecule has 100 valence electrons. The van der Waals surface area contributed by atoms with Crippen molar-refractivity contribution in [3.63, 3.8) is 0 Å². The molecule has 0 amide bonds. The van der Waals surface area contributed by atoms with Crippen LogP contribution < -0.4 is 16.4 Å². The van der Waals surface area contributed by atoms with Crippen LogP contribution in [0.3, 0.4) is 0 Å². The second-order valence-electron chi connectivity index (χ2n) is 3.96. The summed E-state index contributed by atoms with van der Waals surface area (Å²) >= 11 is 6.09. The van der Waals surface area contributed by atoms with Crippen molar-refractivity contribution in [2.45, 2.75) is 13.5 Å². The standard InChI is InChI=1S/C13H16ClN5/c1-2-16-12-11(15)13(19-8-18-12)17-7-9-5-3-4-6-10(9)14/h3-6,8H,2,7,15H2,1H3,(H2,16,17,18,19). The summed E-state index contributed by atoms with van der Waals surface area (Å²) in [5.41, 5.74) is 7.49. The summed E-state index contributed by atoms with van der Waals surface area (Å²) in [6, 6.07) is 7.65. The van der Waals surface area contributed by atoms with E-state index in [2.05, 4.69) is 20.6 Å². The van der Waals surface area contributed by atoms with Crippen LogP contribution in [0.5, 0.6) is 0 Å². The highest BCUT2D eigenvalue weighted by molar-refractivity contribution is 6.31. The maximum atomic E-state index is 6.09. The predicted molar refractivity (Wildman–Crippen MR) is 79.4 cm³/mol. The fourth-order valence-corrected chi connectivity index (χ4v) is 1.87. The van der Waals surface area contributed by atoms with Gasteiger partial charge in [0.25, 0.3) is 0 Å². The summed E-state index contributed by atoms with van der Waals surface area (Å²) in [5.74, 6) is 1.24. The molecule has 0 bridgehead atoms. The maximum absolute atomic E-state index is 6.09. The van der Waals surface area contributed by atoms with Crippen molar-refractivity contribution < 1.29 is 0 Å². The van der Waals surface area contributed by atoms with Crippen LogP contribution in [0.2, 0.25) is 5.02 Å². The third-order valence-corrected chi connectivity index (χ3v) is 3.00. The molecule has 19 heavy (non-hydrogen) atoms. The highest BCUT2D eigenvalue weighted by atomic mass is 35.5. The number of nitrogens with one attached hydrogen (secondary N) is 2. The van der Waals surface area contributed by atoms with E-state index < -0.39 is 0 Å². The lowest BCUT2D eigenvalue weighted by atomic mass is 10.2. The number of nitrogens with zero attached hydrogens (tertiary/aromatic N) is 2. The fourth-order valence-electron chi connectivity index (χ4n) is 1.67. The normalized spacial score (nSPS) is 10.2. The van der Waals surface area contributed by atoms with E-state index in [-0.39, 0.29) is 0 Å². The molecule has 0 aliphatic heterocycles. The number of hydrogen-bond donors (Lipinski definition) is 3. The van der Waals surface area contributed by atoms with Gasteiger partial charge >= 0.3 is 0 Å². The number of nitrogen functional groups attached to an aromatic ring is 1. The van der Waals surface area contributed by atoms with Gasteiger partial charge in [-0.05, 0) is 18.6 Å². The highest BCUT2D eigenvalue weighted by Gasteiger charge is 2.07. The third kappa shape index (κ3) is 3.26. The van der Waals surface area contributed by atoms with Crippen molar-refractivity contribution in [1.29, 1.82) is 0 Å². The summed E-state index contributed by atoms with van der Waals surface area (Å²) in [6.07, 6.45) is 1.48. The van der Waals surface area contributed by atoms with Gasteiger partial charge in [-0.1, -0.05) is 29.8 Å². The van der Waals surface area contributed by atoms with Crippen LogP contribution in [0, 0.1) is 0 Å². The minimum absolute atomic E-state index is 0.511. The number of hydrogen-bond acceptors (Lipinski definition) is 5. The third-order valence-electron chi connectivity index (χ3n) is 2.63. The van der Waals surface area contributed by atoms with E-state index in [9.17, 15) is 0 Å². The van der Waals surface area contributed by atoms with Crippen molar-refractivity contribution in [1.82, 2.24) is 9.97 Å². The molecule has 0 saturated carbocycles. The zero-order valence-electron chi connectivity index (χ0n) is 10.7. The summed E-state index contributed by atoms with van der Waals surface area (Å²) < 4.78 is 0. The van der Waals surface area contributed by atoms with Crippen LogP contribution in [-0.2, 0) is 6.54 Å². The first-order chi connectivity index (χ1) is 9.22. The molecule has 0 radical (unpaired) electrons. The van der Waals surface area contributed by atoms with Gasteiger partial charge in [0.05, 0.1) is 0 Å². The predicted octanol–water partition coefficient (Wildman–Crippen LogP) is 2.76. The maximum Gasteiger partial charge on any atom is 0.155 e. The molecule has 0 atom stereocenters. The van der Waals surface area contributed by atoms with Gasteiger partial charge in [0.2, 0.25) is 0 Å². The van der Waals surface area contributed by atoms with Gasteiger partial charge in [-0.25, -0.2) is 9.97 Å². The zero-order valence-corrected chi connectivity index (χ0v) is 11.4. The minimum Gasteiger partial charge on any atom is -0.393 e. The van der Waals surface area contributed by atoms with Crippen LogP contribution in [-0.4, -0.2) is 16.5 Å². The first kappa shape index (κ1) is 13.4. The molecule has 6 heteroatoms. The number of rotatable bonds is 5. The lowest BCUT2D eigenvalue weighted by Gasteiger charge is -2.12. The number of nitrogens with two attached hydrogens (primary N) is 1. The second kappa shape index (κ2) is 6.24. The lowest BCUT2D eigenvalue weighted by Crippen LogP contribution is -2.09. The number of aromatic nitrogens is 2. The first-order valence-electron chi connectivity index (χ1n) is 6.04. The largest absolute Gasteiger partial charge is 0.393 e. The van der Waals surface area contributed by atoms with Gasteiger partial charge in [0, 0.05) is 18.1 Å². The quantitative estimate of drug-likeness (QED) is 0.783. The summed E-state index contributed by atoms with van der Waals surface area (Å²) in [7, 11) is 0. The summed E-state index contributed by atoms with van der Waals surface area (Å²) in [5, 5.41) is 6.97. The van der Waals surface area contributed by atoms with Crippen molar-refractivity contribution in [3.05, 3.63) is 41.2 Å². The Hall–Kier alpha value is -2.01. The van der Waals surface area contributed by atoms with E-state index in [4.69, 9.17) is 17.3 Å². The molecule has 0 unspecified atom stereocenters. The van der Waals surface area contributed by atoms with Crippen molar-refractivity contribution in [3.8, 4) is 0 Å². The molecular formula is C13H16ClN5. The molecule has 0 aliphatic rings. The summed E-state index contributed by atoms with van der Waals surface area (Å²) in [4.78, 5) is 8.22. The van der Waals surface area contributed by atoms with Gasteiger partial charge in [-0.2, -0.15) is 0 Å². The fraction of sp³-hybridized carbons (Fsp3) is 0.231. The Balaban J connectivity index is 2.12. The molecule has 2 rings (SSSR count). The Morgan fingerprint density at radius 3 is 2.53 bits per heavy atom. The lowest BCUT2D eigenvalue weighted by molar-refractivity contribution is 1.07. The van der Waals surface area contributed by atoms with Gasteiger partial charge in [-0.15, -0.1) is 0 Å². The molecule has 1 heterocycles. The van der Waals surface area contributed by atoms with Crippen molar-refractivity contribution in [2.75, 3.05) is 22.9 Å². The van der Waals surface area contributed by atoms with E-state index in [1.807, 2.05) is 31.2 Å². The van der Waals surface area contributed by atoms with Crippen LogP contribution >= 0.6 is 11.6 Å². The van der Waals surface area contributed by atoms with E-state index in [0.717, 1.165) is 17.1 Å². The molecule has 1 aromatic carbocycles. The van der Waals surface area contributed by atoms with Crippen LogP contribution in [0.25, 0.3) is 0 Å². The average Bonchev–Trinajstić information content (AvgIpc) is 2.42. The molecule has 1 aromatic heterocycles. The van der Waals surface area contributed by atoms with Gasteiger partial charge < -0.3 is 16.4 Å². The minimum atomic E-state index is 0.511. The van der Waals surface area contributed by atoms with Crippen molar-refractivity contribution in [2.24, 2.45) is 0 Å². The van der Waals surface area contributed by atoms with Gasteiger partial charge in [0.1, 0.15) is 12.0 Å². The monoisotopic (exact) mass is 277 g/mol. The van der Waals surface area contributed by atoms with Crippen LogP contribution in [0.1, 0.15) is 12.5 Å². The molecule has 0 spiro atoms. The Bertz CT molecular complexity index is 558. The molecule has 0 saturated heterocycles. The zero-order chi connectivity index (χ0) is 13.7. The van der Waals surface area contributed by atoms with E-state index in [1.165, 1.54) is 6.33 Å². The van der Waals surface area contributed by atoms with Crippen LogP contribution in [0.4, 0.5) is 17.3 Å². The summed E-state index contributed by atoms with van der Waals surface area (Å²) in [6.45, 7) is 3.30. The Morgan fingerprint density at radius 1 is 1.16 bits per heavy atom. The van der Waals surface area contributed by atoms with E-state index >= 15 is 0 Å². The Kier molecular flexibility index (Phi) is 4.41. The molecule has 2 aromatic rings. The van der Waals surface area contributed by atoms with Gasteiger partial charge in [0.15, 0.2) is 11.6 Å². The van der Waals surface area contributed by atoms with Crippen LogP contribution in [0.15, 0.2) is 30.6 Å². The number of benzene rings is 1. The molecule has 0 fully saturated rings. The smallest absolute Gasteiger partial charge is 0.155 e. The van der Waals surface area contributed by atoms with Gasteiger partial charge in [-0.3, -0.25) is 0 Å². The number of anilines is 3. The Morgan fingerprint density at radius 2 is 1.84 bits per heavy atom. The average molecular weight is 278 g/mol. The number of halogens is 1. The van der Waals surface area contributed by atoms with E-state index in [1.54, 1.807) is 0 Å². The van der Waals surface area contributed by atoms with Crippen molar-refractivity contribution >= 4 is 28.9 Å². The second-order valence-corrected chi connectivity index (χ2v) is 4.37. The Labute approximate surface area is 117 Å².